The number of H-pyrrole nitrogens is 1. The molecule has 3 N–H and O–H groups in total. The summed E-state index contributed by atoms with van der Waals surface area (Å²) in [5.41, 5.74) is 6.37. The van der Waals surface area contributed by atoms with Gasteiger partial charge in [-0.05, 0) is 31.4 Å². The van der Waals surface area contributed by atoms with Crippen molar-refractivity contribution in [1.29, 1.82) is 0 Å². The van der Waals surface area contributed by atoms with Crippen molar-refractivity contribution >= 4 is 23.4 Å². The van der Waals surface area contributed by atoms with Gasteiger partial charge in [0.15, 0.2) is 16.8 Å². The van der Waals surface area contributed by atoms with E-state index in [1.807, 2.05) is 47.9 Å². The molecule has 1 saturated carbocycles. The molecule has 1 fully saturated rings. The number of aryl methyl sites for hydroxylation is 1. The molecular formula is C23H22N6O4S. The Morgan fingerprint density at radius 2 is 1.97 bits per heavy atom. The van der Waals surface area contributed by atoms with E-state index in [1.165, 1.54) is 4.57 Å². The third kappa shape index (κ3) is 4.10. The summed E-state index contributed by atoms with van der Waals surface area (Å²) in [4.78, 5) is 39.8. The Hall–Kier alpha value is -3.86. The number of aromatic nitrogens is 5. The number of nitrogen functional groups attached to an aromatic ring is 1. The number of rotatable bonds is 8. The van der Waals surface area contributed by atoms with E-state index in [0.717, 1.165) is 35.7 Å². The van der Waals surface area contributed by atoms with Gasteiger partial charge in [0, 0.05) is 6.04 Å². The number of hydrogen-bond acceptors (Lipinski definition) is 8. The van der Waals surface area contributed by atoms with Gasteiger partial charge in [0.1, 0.15) is 17.1 Å². The van der Waals surface area contributed by atoms with E-state index in [0.29, 0.717) is 23.3 Å². The van der Waals surface area contributed by atoms with Gasteiger partial charge in [-0.25, -0.2) is 4.79 Å². The maximum absolute atomic E-state index is 13.0. The summed E-state index contributed by atoms with van der Waals surface area (Å²) in [7, 11) is 0. The first kappa shape index (κ1) is 22.0. The molecule has 3 aromatic heterocycles. The molecule has 4 aromatic rings. The number of carbonyl (C=O) groups excluding carboxylic acids is 1. The zero-order chi connectivity index (χ0) is 23.8. The lowest BCUT2D eigenvalue weighted by Crippen LogP contribution is -2.36. The molecule has 0 amide bonds. The van der Waals surface area contributed by atoms with Gasteiger partial charge in [-0.15, -0.1) is 10.2 Å². The molecule has 0 unspecified atom stereocenters. The first-order chi connectivity index (χ1) is 16.4. The van der Waals surface area contributed by atoms with Crippen LogP contribution < -0.4 is 17.0 Å². The molecule has 5 rings (SSSR count). The molecule has 0 atom stereocenters. The molecule has 0 aliphatic heterocycles. The van der Waals surface area contributed by atoms with Gasteiger partial charge in [0.25, 0.3) is 5.56 Å². The lowest BCUT2D eigenvalue weighted by molar-refractivity contribution is 0.102. The summed E-state index contributed by atoms with van der Waals surface area (Å²) in [6.07, 6.45) is 3.17. The number of furan rings is 1. The van der Waals surface area contributed by atoms with Crippen LogP contribution >= 0.6 is 11.8 Å². The number of Topliss-reactive ketones (excluding diaryl/α,β-unsaturated/α-hetero) is 1. The Morgan fingerprint density at radius 1 is 1.21 bits per heavy atom. The molecule has 174 valence electrons. The van der Waals surface area contributed by atoms with Gasteiger partial charge >= 0.3 is 5.69 Å². The molecule has 3 heterocycles. The van der Waals surface area contributed by atoms with Crippen LogP contribution in [0.3, 0.4) is 0 Å². The second-order valence-electron chi connectivity index (χ2n) is 8.10. The minimum absolute atomic E-state index is 0.0710. The smallest absolute Gasteiger partial charge is 0.330 e. The molecule has 1 aliphatic rings. The number of ketones is 1. The summed E-state index contributed by atoms with van der Waals surface area (Å²) >= 11 is 1.16. The molecule has 1 aliphatic carbocycles. The second kappa shape index (κ2) is 8.82. The lowest BCUT2D eigenvalue weighted by atomic mass is 10.2. The minimum atomic E-state index is -0.773. The molecule has 0 spiro atoms. The maximum Gasteiger partial charge on any atom is 0.330 e. The van der Waals surface area contributed by atoms with E-state index in [4.69, 9.17) is 10.2 Å². The zero-order valence-electron chi connectivity index (χ0n) is 18.4. The minimum Gasteiger partial charge on any atom is -0.469 e. The van der Waals surface area contributed by atoms with Crippen molar-refractivity contribution in [3.8, 4) is 11.4 Å². The van der Waals surface area contributed by atoms with Crippen LogP contribution in [0.5, 0.6) is 0 Å². The number of carbonyl (C=O) groups is 1. The maximum atomic E-state index is 13.0. The molecule has 0 radical (unpaired) electrons. The van der Waals surface area contributed by atoms with E-state index in [-0.39, 0.29) is 23.2 Å². The van der Waals surface area contributed by atoms with Crippen LogP contribution in [0.4, 0.5) is 5.82 Å². The quantitative estimate of drug-likeness (QED) is 0.291. The lowest BCUT2D eigenvalue weighted by Gasteiger charge is -2.12. The van der Waals surface area contributed by atoms with E-state index in [2.05, 4.69) is 15.2 Å². The highest BCUT2D eigenvalue weighted by Crippen LogP contribution is 2.35. The van der Waals surface area contributed by atoms with Crippen molar-refractivity contribution in [2.45, 2.75) is 37.5 Å². The average Bonchev–Trinajstić information content (AvgIpc) is 3.43. The van der Waals surface area contributed by atoms with Crippen LogP contribution in [-0.2, 0) is 6.54 Å². The van der Waals surface area contributed by atoms with Gasteiger partial charge in [0.05, 0.1) is 24.1 Å². The average molecular weight is 479 g/mol. The molecule has 11 heteroatoms. The number of aromatic amines is 1. The molecule has 34 heavy (non-hydrogen) atoms. The van der Waals surface area contributed by atoms with Gasteiger partial charge < -0.3 is 10.2 Å². The van der Waals surface area contributed by atoms with Crippen molar-refractivity contribution in [1.82, 2.24) is 24.3 Å². The van der Waals surface area contributed by atoms with Gasteiger partial charge in [-0.2, -0.15) is 0 Å². The van der Waals surface area contributed by atoms with Crippen LogP contribution in [0.1, 0.15) is 40.6 Å². The van der Waals surface area contributed by atoms with E-state index < -0.39 is 17.0 Å². The number of nitrogens with zero attached hydrogens (tertiary/aromatic N) is 4. The second-order valence-corrected chi connectivity index (χ2v) is 9.04. The molecule has 0 saturated heterocycles. The molecule has 10 nitrogen and oxygen atoms in total. The Morgan fingerprint density at radius 3 is 2.65 bits per heavy atom. The first-order valence-corrected chi connectivity index (χ1v) is 11.7. The predicted octanol–water partition coefficient (Wildman–Crippen LogP) is 2.64. The number of nitrogens with one attached hydrogen (secondary N) is 1. The number of hydrogen-bond donors (Lipinski definition) is 2. The fraction of sp³-hybridized carbons (Fsp3) is 0.261. The zero-order valence-corrected chi connectivity index (χ0v) is 19.2. The van der Waals surface area contributed by atoms with Crippen LogP contribution in [0.25, 0.3) is 11.4 Å². The van der Waals surface area contributed by atoms with Crippen LogP contribution in [0.2, 0.25) is 0 Å². The number of anilines is 1. The molecule has 0 bridgehead atoms. The normalized spacial score (nSPS) is 13.3. The predicted molar refractivity (Wildman–Crippen MR) is 127 cm³/mol. The number of benzene rings is 1. The summed E-state index contributed by atoms with van der Waals surface area (Å²) in [5, 5.41) is 9.15. The molecular weight excluding hydrogens is 456 g/mol. The summed E-state index contributed by atoms with van der Waals surface area (Å²) < 4.78 is 8.65. The third-order valence-electron chi connectivity index (χ3n) is 5.71. The SMILES string of the molecule is Cc1occc1-c1nnc(SCC(=O)c2c(N)n(C3CC3)c(=O)[nH]c2=O)n1Cc1ccccc1. The summed E-state index contributed by atoms with van der Waals surface area (Å²) in [5.74, 6) is 0.671. The fourth-order valence-corrected chi connectivity index (χ4v) is 4.66. The van der Waals surface area contributed by atoms with Gasteiger partial charge in [-0.3, -0.25) is 23.7 Å². The Kier molecular flexibility index (Phi) is 5.70. The van der Waals surface area contributed by atoms with Crippen LogP contribution in [0.15, 0.2) is 61.8 Å². The highest BCUT2D eigenvalue weighted by atomic mass is 32.2. The topological polar surface area (TPSA) is 142 Å². The van der Waals surface area contributed by atoms with Crippen molar-refractivity contribution in [3.63, 3.8) is 0 Å². The van der Waals surface area contributed by atoms with Gasteiger partial charge in [0.2, 0.25) is 0 Å². The Labute approximate surface area is 197 Å². The first-order valence-electron chi connectivity index (χ1n) is 10.8. The number of thioether (sulfide) groups is 1. The Balaban J connectivity index is 1.45. The summed E-state index contributed by atoms with van der Waals surface area (Å²) in [6, 6.07) is 11.6. The highest BCUT2D eigenvalue weighted by molar-refractivity contribution is 7.99. The van der Waals surface area contributed by atoms with Crippen molar-refractivity contribution < 1.29 is 9.21 Å². The van der Waals surface area contributed by atoms with Crippen molar-refractivity contribution in [2.75, 3.05) is 11.5 Å². The van der Waals surface area contributed by atoms with E-state index >= 15 is 0 Å². The van der Waals surface area contributed by atoms with Crippen molar-refractivity contribution in [3.05, 3.63) is 80.4 Å². The standard InChI is InChI=1S/C23H22N6O4S/c1-13-16(9-10-33-13)20-26-27-23(28(20)11-14-5-3-2-4-6-14)34-12-17(30)18-19(24)29(15-7-8-15)22(32)25-21(18)31/h2-6,9-10,15H,7-8,11-12,24H2,1H3,(H,25,31,32). The monoisotopic (exact) mass is 478 g/mol. The van der Waals surface area contributed by atoms with Crippen LogP contribution in [0, 0.1) is 6.92 Å². The highest BCUT2D eigenvalue weighted by Gasteiger charge is 2.30. The van der Waals surface area contributed by atoms with Crippen LogP contribution in [-0.4, -0.2) is 35.9 Å². The van der Waals surface area contributed by atoms with E-state index in [1.54, 1.807) is 6.26 Å². The summed E-state index contributed by atoms with van der Waals surface area (Å²) in [6.45, 7) is 2.33. The number of nitrogens with two attached hydrogens (primary N) is 1. The third-order valence-corrected chi connectivity index (χ3v) is 6.67. The Bertz CT molecular complexity index is 1480. The van der Waals surface area contributed by atoms with E-state index in [9.17, 15) is 14.4 Å². The van der Waals surface area contributed by atoms with Gasteiger partial charge in [-0.1, -0.05) is 42.1 Å². The van der Waals surface area contributed by atoms with Crippen molar-refractivity contribution in [2.24, 2.45) is 0 Å². The molecule has 1 aromatic carbocycles. The fourth-order valence-electron chi connectivity index (χ4n) is 3.85. The largest absolute Gasteiger partial charge is 0.469 e.